The molecule has 3 aromatic carbocycles. The zero-order chi connectivity index (χ0) is 20.6. The number of aromatic nitrogens is 2. The summed E-state index contributed by atoms with van der Waals surface area (Å²) in [6, 6.07) is 23.0. The summed E-state index contributed by atoms with van der Waals surface area (Å²) in [7, 11) is 0. The van der Waals surface area contributed by atoms with Gasteiger partial charge in [-0.3, -0.25) is 0 Å². The molecule has 4 aromatic rings. The summed E-state index contributed by atoms with van der Waals surface area (Å²) in [5.74, 6) is 0.171. The highest BCUT2D eigenvalue weighted by Gasteiger charge is 2.40. The van der Waals surface area contributed by atoms with E-state index in [2.05, 4.69) is 9.97 Å². The van der Waals surface area contributed by atoms with Gasteiger partial charge in [-0.05, 0) is 12.1 Å². The smallest absolute Gasteiger partial charge is 0.409 e. The molecule has 150 valence electrons. The summed E-state index contributed by atoms with van der Waals surface area (Å²) in [6.07, 6.45) is -0.853. The van der Waals surface area contributed by atoms with Crippen molar-refractivity contribution >= 4 is 17.1 Å². The van der Waals surface area contributed by atoms with E-state index in [-0.39, 0.29) is 0 Å². The Morgan fingerprint density at radius 2 is 1.67 bits per heavy atom. The van der Waals surface area contributed by atoms with E-state index in [1.807, 2.05) is 54.6 Å². The molecule has 30 heavy (non-hydrogen) atoms. The Kier molecular flexibility index (Phi) is 4.46. The molecule has 0 saturated carbocycles. The first-order valence-electron chi connectivity index (χ1n) is 9.55. The number of imidazole rings is 1. The molecular formula is C23H19N3O4. The van der Waals surface area contributed by atoms with E-state index in [4.69, 9.17) is 19.9 Å². The zero-order valence-electron chi connectivity index (χ0n) is 16.0. The molecule has 0 radical (unpaired) electrons. The normalized spacial score (nSPS) is 15.3. The molecule has 2 heterocycles. The molecule has 3 N–H and O–H groups in total. The van der Waals surface area contributed by atoms with Gasteiger partial charge in [0.25, 0.3) is 0 Å². The van der Waals surface area contributed by atoms with Crippen molar-refractivity contribution in [3.05, 3.63) is 83.9 Å². The van der Waals surface area contributed by atoms with Crippen molar-refractivity contribution < 1.29 is 19.0 Å². The molecule has 1 aromatic heterocycles. The molecule has 0 atom stereocenters. The highest BCUT2D eigenvalue weighted by atomic mass is 16.7. The van der Waals surface area contributed by atoms with Gasteiger partial charge >= 0.3 is 6.09 Å². The Bertz CT molecular complexity index is 1200. The van der Waals surface area contributed by atoms with Crippen LogP contribution in [0.5, 0.6) is 5.75 Å². The van der Waals surface area contributed by atoms with Crippen molar-refractivity contribution in [1.82, 2.24) is 9.97 Å². The predicted molar refractivity (Wildman–Crippen MR) is 111 cm³/mol. The van der Waals surface area contributed by atoms with Crippen molar-refractivity contribution in [2.45, 2.75) is 5.79 Å². The quantitative estimate of drug-likeness (QED) is 0.540. The van der Waals surface area contributed by atoms with Crippen LogP contribution in [0.4, 0.5) is 4.79 Å². The number of hydrogen-bond donors (Lipinski definition) is 2. The maximum absolute atomic E-state index is 11.0. The third-order valence-corrected chi connectivity index (χ3v) is 5.06. The van der Waals surface area contributed by atoms with Crippen LogP contribution in [0, 0.1) is 0 Å². The van der Waals surface area contributed by atoms with Crippen LogP contribution in [-0.2, 0) is 15.3 Å². The van der Waals surface area contributed by atoms with Crippen LogP contribution in [-0.4, -0.2) is 29.3 Å². The van der Waals surface area contributed by atoms with Crippen LogP contribution in [0.25, 0.3) is 22.4 Å². The van der Waals surface area contributed by atoms with Gasteiger partial charge in [0.2, 0.25) is 5.79 Å². The Hall–Kier alpha value is -3.68. The monoisotopic (exact) mass is 401 g/mol. The molecule has 0 aliphatic carbocycles. The maximum Gasteiger partial charge on any atom is 0.409 e. The number of H-pyrrole nitrogens is 1. The van der Waals surface area contributed by atoms with E-state index in [1.165, 1.54) is 0 Å². The van der Waals surface area contributed by atoms with Gasteiger partial charge in [0.1, 0.15) is 11.6 Å². The fourth-order valence-electron chi connectivity index (χ4n) is 3.72. The van der Waals surface area contributed by atoms with Crippen molar-refractivity contribution in [1.29, 1.82) is 0 Å². The highest BCUT2D eigenvalue weighted by Crippen LogP contribution is 2.38. The summed E-state index contributed by atoms with van der Waals surface area (Å²) in [6.45, 7) is 1.08. The molecule has 0 unspecified atom stereocenters. The lowest BCUT2D eigenvalue weighted by molar-refractivity contribution is -0.129. The Morgan fingerprint density at radius 3 is 2.37 bits per heavy atom. The van der Waals surface area contributed by atoms with Crippen molar-refractivity contribution in [2.24, 2.45) is 5.73 Å². The SMILES string of the molecule is NC(=O)Oc1ccc2nc(-c3ccc(C4(c5ccccc5)OCCO4)cc3)[nH]c2c1. The summed E-state index contributed by atoms with van der Waals surface area (Å²) >= 11 is 0. The van der Waals surface area contributed by atoms with Crippen LogP contribution in [0.2, 0.25) is 0 Å². The number of nitrogens with two attached hydrogens (primary N) is 1. The number of carbonyl (C=O) groups excluding carboxylic acids is 1. The molecule has 1 aliphatic rings. The first kappa shape index (κ1) is 18.4. The standard InChI is InChI=1S/C23H19N3O4/c24-22(27)30-18-10-11-19-20(14-18)26-21(25-19)15-6-8-17(9-7-15)23(28-12-13-29-23)16-4-2-1-3-5-16/h1-11,14H,12-13H2,(H2,24,27)(H,25,26). The van der Waals surface area contributed by atoms with Crippen molar-refractivity contribution in [3.8, 4) is 17.1 Å². The Balaban J connectivity index is 1.48. The number of hydrogen-bond acceptors (Lipinski definition) is 5. The van der Waals surface area contributed by atoms with Crippen LogP contribution in [0.3, 0.4) is 0 Å². The maximum atomic E-state index is 11.0. The first-order chi connectivity index (χ1) is 14.6. The molecule has 0 spiro atoms. The second kappa shape index (κ2) is 7.29. The number of fused-ring (bicyclic) bond motifs is 1. The van der Waals surface area contributed by atoms with Gasteiger partial charge in [-0.1, -0.05) is 54.6 Å². The fraction of sp³-hybridized carbons (Fsp3) is 0.130. The minimum atomic E-state index is -0.894. The summed E-state index contributed by atoms with van der Waals surface area (Å²) < 4.78 is 17.0. The first-order valence-corrected chi connectivity index (χ1v) is 9.55. The summed E-state index contributed by atoms with van der Waals surface area (Å²) in [5, 5.41) is 0. The molecule has 0 bridgehead atoms. The minimum absolute atomic E-state index is 0.362. The molecular weight excluding hydrogens is 382 g/mol. The summed E-state index contributed by atoms with van der Waals surface area (Å²) in [4.78, 5) is 18.8. The van der Waals surface area contributed by atoms with E-state index < -0.39 is 11.9 Å². The largest absolute Gasteiger partial charge is 0.410 e. The van der Waals surface area contributed by atoms with Gasteiger partial charge in [-0.15, -0.1) is 0 Å². The molecule has 7 nitrogen and oxygen atoms in total. The van der Waals surface area contributed by atoms with E-state index in [0.29, 0.717) is 24.8 Å². The zero-order valence-corrected chi connectivity index (χ0v) is 16.0. The van der Waals surface area contributed by atoms with Gasteiger partial charge in [0, 0.05) is 22.8 Å². The lowest BCUT2D eigenvalue weighted by Gasteiger charge is -2.28. The molecule has 1 fully saturated rings. The number of nitrogens with one attached hydrogen (secondary N) is 1. The van der Waals surface area contributed by atoms with Gasteiger partial charge in [-0.25, -0.2) is 9.78 Å². The topological polar surface area (TPSA) is 99.5 Å². The third-order valence-electron chi connectivity index (χ3n) is 5.06. The average molecular weight is 401 g/mol. The minimum Gasteiger partial charge on any atom is -0.410 e. The average Bonchev–Trinajstić information content (AvgIpc) is 3.42. The summed E-state index contributed by atoms with van der Waals surface area (Å²) in [5.41, 5.74) is 9.37. The van der Waals surface area contributed by atoms with Crippen LogP contribution >= 0.6 is 0 Å². The van der Waals surface area contributed by atoms with Crippen molar-refractivity contribution in [2.75, 3.05) is 13.2 Å². The van der Waals surface area contributed by atoms with E-state index in [9.17, 15) is 4.79 Å². The van der Waals surface area contributed by atoms with Gasteiger partial charge in [0.15, 0.2) is 0 Å². The van der Waals surface area contributed by atoms with Crippen LogP contribution in [0.1, 0.15) is 11.1 Å². The molecule has 7 heteroatoms. The molecule has 5 rings (SSSR count). The van der Waals surface area contributed by atoms with E-state index in [0.717, 1.165) is 27.7 Å². The third kappa shape index (κ3) is 3.20. The number of benzene rings is 3. The van der Waals surface area contributed by atoms with Gasteiger partial charge in [-0.2, -0.15) is 0 Å². The lowest BCUT2D eigenvalue weighted by atomic mass is 9.96. The van der Waals surface area contributed by atoms with Crippen LogP contribution in [0.15, 0.2) is 72.8 Å². The Labute approximate surface area is 172 Å². The van der Waals surface area contributed by atoms with E-state index in [1.54, 1.807) is 18.2 Å². The molecule has 1 amide bonds. The number of rotatable bonds is 4. The second-order valence-corrected chi connectivity index (χ2v) is 6.94. The van der Waals surface area contributed by atoms with Crippen LogP contribution < -0.4 is 10.5 Å². The predicted octanol–water partition coefficient (Wildman–Crippen LogP) is 3.94. The lowest BCUT2D eigenvalue weighted by Crippen LogP contribution is -2.28. The van der Waals surface area contributed by atoms with Crippen molar-refractivity contribution in [3.63, 3.8) is 0 Å². The highest BCUT2D eigenvalue weighted by molar-refractivity contribution is 5.81. The van der Waals surface area contributed by atoms with Gasteiger partial charge in [0.05, 0.1) is 24.2 Å². The number of nitrogens with zero attached hydrogens (tertiary/aromatic N) is 1. The number of primary amides is 1. The fourth-order valence-corrected chi connectivity index (χ4v) is 3.72. The van der Waals surface area contributed by atoms with E-state index >= 15 is 0 Å². The number of carbonyl (C=O) groups is 1. The number of ether oxygens (including phenoxy) is 3. The molecule has 1 aliphatic heterocycles. The second-order valence-electron chi connectivity index (χ2n) is 6.94. The Morgan fingerprint density at radius 1 is 0.967 bits per heavy atom. The molecule has 1 saturated heterocycles. The van der Waals surface area contributed by atoms with Gasteiger partial charge < -0.3 is 24.9 Å². The number of aromatic amines is 1. The number of amides is 1.